The summed E-state index contributed by atoms with van der Waals surface area (Å²) in [5, 5.41) is 5.99. The van der Waals surface area contributed by atoms with Crippen molar-refractivity contribution in [3.8, 4) is 0 Å². The predicted octanol–water partition coefficient (Wildman–Crippen LogP) is 3.14. The fourth-order valence-electron chi connectivity index (χ4n) is 3.85. The molecule has 1 aromatic carbocycles. The smallest absolute Gasteiger partial charge is 0.255 e. The number of hydrogen-bond donors (Lipinski definition) is 2. The van der Waals surface area contributed by atoms with Crippen LogP contribution in [0.4, 0.5) is 11.5 Å². The molecule has 1 aliphatic rings. The van der Waals surface area contributed by atoms with E-state index in [-0.39, 0.29) is 11.7 Å². The zero-order valence-electron chi connectivity index (χ0n) is 18.7. The van der Waals surface area contributed by atoms with Crippen LogP contribution in [0.3, 0.4) is 0 Å². The van der Waals surface area contributed by atoms with Gasteiger partial charge in [0.05, 0.1) is 22.0 Å². The van der Waals surface area contributed by atoms with Crippen molar-refractivity contribution in [1.29, 1.82) is 0 Å². The van der Waals surface area contributed by atoms with Gasteiger partial charge in [-0.2, -0.15) is 0 Å². The molecular weight excluding hydrogens is 458 g/mol. The number of pyridine rings is 1. The zero-order valence-corrected chi connectivity index (χ0v) is 20.3. The molecule has 4 rings (SSSR count). The molecule has 0 spiro atoms. The highest BCUT2D eigenvalue weighted by atomic mass is 32.2. The van der Waals surface area contributed by atoms with Gasteiger partial charge < -0.3 is 10.2 Å². The number of carbonyl (C=O) groups is 1. The van der Waals surface area contributed by atoms with Crippen molar-refractivity contribution in [2.75, 3.05) is 28.5 Å². The van der Waals surface area contributed by atoms with Crippen LogP contribution in [0.25, 0.3) is 0 Å². The molecule has 3 aromatic rings. The first-order valence-electron chi connectivity index (χ1n) is 10.9. The third-order valence-electron chi connectivity index (χ3n) is 5.53. The molecule has 0 aliphatic carbocycles. The van der Waals surface area contributed by atoms with Crippen molar-refractivity contribution in [2.24, 2.45) is 0 Å². The molecule has 1 aliphatic heterocycles. The van der Waals surface area contributed by atoms with E-state index in [4.69, 9.17) is 0 Å². The number of rotatable bonds is 8. The molecule has 0 saturated carbocycles. The number of hydrogen-bond acceptors (Lipinski definition) is 7. The van der Waals surface area contributed by atoms with Crippen LogP contribution in [0.2, 0.25) is 0 Å². The van der Waals surface area contributed by atoms with Crippen molar-refractivity contribution in [3.63, 3.8) is 0 Å². The van der Waals surface area contributed by atoms with Gasteiger partial charge in [0.1, 0.15) is 5.82 Å². The van der Waals surface area contributed by atoms with E-state index in [0.29, 0.717) is 49.5 Å². The molecule has 0 atom stereocenters. The lowest BCUT2D eigenvalue weighted by Crippen LogP contribution is -2.34. The van der Waals surface area contributed by atoms with Crippen LogP contribution >= 0.6 is 11.3 Å². The van der Waals surface area contributed by atoms with E-state index in [1.165, 1.54) is 0 Å². The molecule has 0 unspecified atom stereocenters. The van der Waals surface area contributed by atoms with Crippen molar-refractivity contribution in [2.45, 2.75) is 33.2 Å². The SMILES string of the molecule is CCS(=O)(=O)Nc1cccc2c1CCN(c1ncccc1C(=O)NCCc1nc(C)cs1)C2. The summed E-state index contributed by atoms with van der Waals surface area (Å²) in [6.07, 6.45) is 3.03. The van der Waals surface area contributed by atoms with Gasteiger partial charge in [0, 0.05) is 43.3 Å². The number of sulfonamides is 1. The second-order valence-electron chi connectivity index (χ2n) is 7.88. The first-order valence-corrected chi connectivity index (χ1v) is 13.4. The van der Waals surface area contributed by atoms with Crippen LogP contribution in [0.15, 0.2) is 41.9 Å². The summed E-state index contributed by atoms with van der Waals surface area (Å²) in [5.41, 5.74) is 4.16. The van der Waals surface area contributed by atoms with Crippen molar-refractivity contribution in [3.05, 3.63) is 69.3 Å². The van der Waals surface area contributed by atoms with Gasteiger partial charge in [0.15, 0.2) is 0 Å². The summed E-state index contributed by atoms with van der Waals surface area (Å²) in [4.78, 5) is 23.9. The lowest BCUT2D eigenvalue weighted by Gasteiger charge is -2.32. The number of nitrogens with zero attached hydrogens (tertiary/aromatic N) is 3. The van der Waals surface area contributed by atoms with Gasteiger partial charge in [0.2, 0.25) is 10.0 Å². The lowest BCUT2D eigenvalue weighted by atomic mass is 9.97. The van der Waals surface area contributed by atoms with E-state index < -0.39 is 10.0 Å². The average molecular weight is 486 g/mol. The Morgan fingerprint density at radius 1 is 1.24 bits per heavy atom. The summed E-state index contributed by atoms with van der Waals surface area (Å²) < 4.78 is 26.8. The molecule has 2 aromatic heterocycles. The summed E-state index contributed by atoms with van der Waals surface area (Å²) in [6, 6.07) is 9.18. The molecule has 1 amide bonds. The van der Waals surface area contributed by atoms with Gasteiger partial charge in [-0.25, -0.2) is 18.4 Å². The van der Waals surface area contributed by atoms with Crippen LogP contribution < -0.4 is 14.9 Å². The fourth-order valence-corrected chi connectivity index (χ4v) is 5.29. The van der Waals surface area contributed by atoms with Crippen LogP contribution in [0.1, 0.15) is 39.1 Å². The lowest BCUT2D eigenvalue weighted by molar-refractivity contribution is 0.0954. The number of nitrogens with one attached hydrogen (secondary N) is 2. The van der Waals surface area contributed by atoms with Gasteiger partial charge >= 0.3 is 0 Å². The minimum atomic E-state index is -3.35. The Bertz CT molecular complexity index is 1260. The number of anilines is 2. The van der Waals surface area contributed by atoms with Gasteiger partial charge in [-0.3, -0.25) is 9.52 Å². The second-order valence-corrected chi connectivity index (χ2v) is 10.8. The highest BCUT2D eigenvalue weighted by molar-refractivity contribution is 7.92. The van der Waals surface area contributed by atoms with Gasteiger partial charge in [0.25, 0.3) is 5.91 Å². The highest BCUT2D eigenvalue weighted by Gasteiger charge is 2.24. The first kappa shape index (κ1) is 23.2. The fraction of sp³-hybridized carbons (Fsp3) is 0.348. The average Bonchev–Trinajstić information content (AvgIpc) is 3.23. The Hall–Kier alpha value is -2.98. The highest BCUT2D eigenvalue weighted by Crippen LogP contribution is 2.30. The summed E-state index contributed by atoms with van der Waals surface area (Å²) in [7, 11) is -3.35. The Morgan fingerprint density at radius 3 is 2.85 bits per heavy atom. The number of amides is 1. The summed E-state index contributed by atoms with van der Waals surface area (Å²) >= 11 is 1.60. The number of aryl methyl sites for hydroxylation is 1. The standard InChI is InChI=1S/C23H27N5O3S2/c1-3-33(30,31)27-20-8-4-6-17-14-28(13-10-18(17)20)22-19(7-5-11-24-22)23(29)25-12-9-21-26-16(2)15-32-21/h4-8,11,15,27H,3,9-10,12-14H2,1-2H3,(H,25,29). The Labute approximate surface area is 198 Å². The van der Waals surface area contributed by atoms with Crippen LogP contribution in [0.5, 0.6) is 0 Å². The molecule has 8 nitrogen and oxygen atoms in total. The maximum Gasteiger partial charge on any atom is 0.255 e. The van der Waals surface area contributed by atoms with Crippen molar-refractivity contribution >= 4 is 38.8 Å². The van der Waals surface area contributed by atoms with E-state index >= 15 is 0 Å². The monoisotopic (exact) mass is 485 g/mol. The topological polar surface area (TPSA) is 104 Å². The van der Waals surface area contributed by atoms with Gasteiger partial charge in [-0.05, 0) is 49.6 Å². The minimum Gasteiger partial charge on any atom is -0.351 e. The predicted molar refractivity (Wildman–Crippen MR) is 131 cm³/mol. The summed E-state index contributed by atoms with van der Waals surface area (Å²) in [6.45, 7) is 5.26. The maximum atomic E-state index is 12.9. The normalized spacial score (nSPS) is 13.5. The van der Waals surface area contributed by atoms with E-state index in [9.17, 15) is 13.2 Å². The van der Waals surface area contributed by atoms with E-state index in [1.807, 2.05) is 24.4 Å². The third kappa shape index (κ3) is 5.51. The molecule has 0 bridgehead atoms. The van der Waals surface area contributed by atoms with E-state index in [2.05, 4.69) is 24.9 Å². The van der Waals surface area contributed by atoms with Crippen molar-refractivity contribution in [1.82, 2.24) is 15.3 Å². The molecular formula is C23H27N5O3S2. The first-order chi connectivity index (χ1) is 15.9. The number of fused-ring (bicyclic) bond motifs is 1. The zero-order chi connectivity index (χ0) is 23.4. The molecule has 174 valence electrons. The molecule has 0 fully saturated rings. The summed E-state index contributed by atoms with van der Waals surface area (Å²) in [5.74, 6) is 0.490. The quantitative estimate of drug-likeness (QED) is 0.508. The van der Waals surface area contributed by atoms with Crippen LogP contribution in [-0.4, -0.2) is 43.1 Å². The maximum absolute atomic E-state index is 12.9. The molecule has 2 N–H and O–H groups in total. The number of aromatic nitrogens is 2. The number of benzene rings is 1. The second kappa shape index (κ2) is 9.88. The largest absolute Gasteiger partial charge is 0.351 e. The number of thiazole rings is 1. The molecule has 33 heavy (non-hydrogen) atoms. The Kier molecular flexibility index (Phi) is 6.94. The number of carbonyl (C=O) groups excluding carboxylic acids is 1. The third-order valence-corrected chi connectivity index (χ3v) is 7.85. The van der Waals surface area contributed by atoms with Gasteiger partial charge in [-0.15, -0.1) is 11.3 Å². The molecule has 0 saturated heterocycles. The molecule has 3 heterocycles. The van der Waals surface area contributed by atoms with Gasteiger partial charge in [-0.1, -0.05) is 12.1 Å². The molecule has 0 radical (unpaired) electrons. The van der Waals surface area contributed by atoms with E-state index in [0.717, 1.165) is 21.8 Å². The van der Waals surface area contributed by atoms with Crippen molar-refractivity contribution < 1.29 is 13.2 Å². The Morgan fingerprint density at radius 2 is 2.09 bits per heavy atom. The Balaban J connectivity index is 1.48. The van der Waals surface area contributed by atoms with Crippen LogP contribution in [0, 0.1) is 6.92 Å². The van der Waals surface area contributed by atoms with E-state index in [1.54, 1.807) is 42.7 Å². The minimum absolute atomic E-state index is 0.0252. The van der Waals surface area contributed by atoms with Crippen LogP contribution in [-0.2, 0) is 29.4 Å². The molecule has 10 heteroatoms.